The number of benzene rings is 1. The van der Waals surface area contributed by atoms with Crippen LogP contribution in [0.3, 0.4) is 0 Å². The number of rotatable bonds is 4. The van der Waals surface area contributed by atoms with Crippen LogP contribution in [-0.2, 0) is 0 Å². The fourth-order valence-corrected chi connectivity index (χ4v) is 1.47. The van der Waals surface area contributed by atoms with E-state index in [1.165, 1.54) is 12.1 Å². The van der Waals surface area contributed by atoms with E-state index in [-0.39, 0.29) is 5.69 Å². The standard InChI is InChI=1S/C10H9BrF5NO/c1-5(9(12)13)17-7-3-2-6(11)4-8(7)18-10(14,15)16/h2-5,9,17H,1H3. The molecule has 1 aromatic carbocycles. The van der Waals surface area contributed by atoms with E-state index in [0.717, 1.165) is 13.0 Å². The van der Waals surface area contributed by atoms with E-state index in [0.29, 0.717) is 4.47 Å². The Morgan fingerprint density at radius 2 is 1.89 bits per heavy atom. The van der Waals surface area contributed by atoms with Crippen LogP contribution in [-0.4, -0.2) is 18.8 Å². The minimum absolute atomic E-state index is 0.150. The number of halogens is 6. The van der Waals surface area contributed by atoms with Crippen LogP contribution in [0.15, 0.2) is 22.7 Å². The van der Waals surface area contributed by atoms with Gasteiger partial charge in [0.15, 0.2) is 5.75 Å². The van der Waals surface area contributed by atoms with Crippen LogP contribution < -0.4 is 10.1 Å². The van der Waals surface area contributed by atoms with Crippen LogP contribution in [0.4, 0.5) is 27.6 Å². The number of ether oxygens (including phenoxy) is 1. The molecule has 1 aromatic rings. The maximum atomic E-state index is 12.3. The summed E-state index contributed by atoms with van der Waals surface area (Å²) in [6.07, 6.45) is -7.59. The molecule has 0 bridgehead atoms. The molecule has 1 atom stereocenters. The molecule has 2 nitrogen and oxygen atoms in total. The summed E-state index contributed by atoms with van der Waals surface area (Å²) < 4.78 is 65.2. The van der Waals surface area contributed by atoms with Crippen molar-refractivity contribution in [2.45, 2.75) is 25.8 Å². The van der Waals surface area contributed by atoms with E-state index in [1.807, 2.05) is 0 Å². The summed E-state index contributed by atoms with van der Waals surface area (Å²) >= 11 is 2.98. The number of nitrogens with one attached hydrogen (secondary N) is 1. The Hall–Kier alpha value is -1.05. The highest BCUT2D eigenvalue weighted by molar-refractivity contribution is 9.10. The van der Waals surface area contributed by atoms with Crippen molar-refractivity contribution >= 4 is 21.6 Å². The molecule has 0 heterocycles. The van der Waals surface area contributed by atoms with E-state index in [9.17, 15) is 22.0 Å². The highest BCUT2D eigenvalue weighted by atomic mass is 79.9. The zero-order chi connectivity index (χ0) is 13.9. The molecular weight excluding hydrogens is 325 g/mol. The number of hydrogen-bond donors (Lipinski definition) is 1. The Morgan fingerprint density at radius 3 is 2.39 bits per heavy atom. The third-order valence-electron chi connectivity index (χ3n) is 1.93. The molecule has 0 saturated carbocycles. The summed E-state index contributed by atoms with van der Waals surface area (Å²) in [5.41, 5.74) is -0.150. The molecule has 0 radical (unpaired) electrons. The normalized spacial score (nSPS) is 13.6. The number of alkyl halides is 5. The molecule has 0 spiro atoms. The summed E-state index contributed by atoms with van der Waals surface area (Å²) in [6, 6.07) is 2.41. The van der Waals surface area contributed by atoms with Gasteiger partial charge in [-0.05, 0) is 25.1 Å². The van der Waals surface area contributed by atoms with E-state index in [1.54, 1.807) is 0 Å². The van der Waals surface area contributed by atoms with Gasteiger partial charge in [0.1, 0.15) is 0 Å². The average molecular weight is 334 g/mol. The smallest absolute Gasteiger partial charge is 0.404 e. The van der Waals surface area contributed by atoms with Crippen LogP contribution in [0.1, 0.15) is 6.92 Å². The zero-order valence-corrected chi connectivity index (χ0v) is 10.6. The predicted molar refractivity (Wildman–Crippen MR) is 59.9 cm³/mol. The molecule has 1 rings (SSSR count). The summed E-state index contributed by atoms with van der Waals surface area (Å²) in [5, 5.41) is 2.26. The molecule has 0 saturated heterocycles. The van der Waals surface area contributed by atoms with E-state index in [2.05, 4.69) is 26.0 Å². The first-order valence-electron chi connectivity index (χ1n) is 4.79. The molecule has 0 aliphatic carbocycles. The van der Waals surface area contributed by atoms with Crippen LogP contribution in [0.2, 0.25) is 0 Å². The molecule has 8 heteroatoms. The Labute approximate surface area is 108 Å². The SMILES string of the molecule is CC(Nc1ccc(Br)cc1OC(F)(F)F)C(F)F. The number of hydrogen-bond acceptors (Lipinski definition) is 2. The van der Waals surface area contributed by atoms with Crippen molar-refractivity contribution < 1.29 is 26.7 Å². The molecule has 0 aromatic heterocycles. The van der Waals surface area contributed by atoms with Gasteiger partial charge in [0.2, 0.25) is 0 Å². The van der Waals surface area contributed by atoms with Gasteiger partial charge in [0.05, 0.1) is 11.7 Å². The third-order valence-corrected chi connectivity index (χ3v) is 2.42. The highest BCUT2D eigenvalue weighted by Crippen LogP contribution is 2.33. The van der Waals surface area contributed by atoms with Crippen LogP contribution in [0.25, 0.3) is 0 Å². The van der Waals surface area contributed by atoms with E-state index in [4.69, 9.17) is 0 Å². The minimum Gasteiger partial charge on any atom is -0.404 e. The van der Waals surface area contributed by atoms with Gasteiger partial charge < -0.3 is 10.1 Å². The quantitative estimate of drug-likeness (QED) is 0.824. The monoisotopic (exact) mass is 333 g/mol. The Morgan fingerprint density at radius 1 is 1.28 bits per heavy atom. The Balaban J connectivity index is 2.96. The lowest BCUT2D eigenvalue weighted by Gasteiger charge is -2.18. The largest absolute Gasteiger partial charge is 0.573 e. The van der Waals surface area contributed by atoms with Gasteiger partial charge in [-0.2, -0.15) is 0 Å². The van der Waals surface area contributed by atoms with Crippen LogP contribution in [0.5, 0.6) is 5.75 Å². The van der Waals surface area contributed by atoms with Crippen LogP contribution in [0, 0.1) is 0 Å². The van der Waals surface area contributed by atoms with E-state index < -0.39 is 24.6 Å². The minimum atomic E-state index is -4.88. The molecule has 0 aliphatic heterocycles. The first-order valence-corrected chi connectivity index (χ1v) is 5.58. The zero-order valence-electron chi connectivity index (χ0n) is 9.06. The molecule has 18 heavy (non-hydrogen) atoms. The fourth-order valence-electron chi connectivity index (χ4n) is 1.13. The molecule has 102 valence electrons. The second-order valence-corrected chi connectivity index (χ2v) is 4.37. The summed E-state index contributed by atoms with van der Waals surface area (Å²) in [4.78, 5) is 0. The number of anilines is 1. The van der Waals surface area contributed by atoms with Crippen molar-refractivity contribution in [3.8, 4) is 5.75 Å². The highest BCUT2D eigenvalue weighted by Gasteiger charge is 2.32. The van der Waals surface area contributed by atoms with E-state index >= 15 is 0 Å². The Kier molecular flexibility index (Phi) is 4.78. The van der Waals surface area contributed by atoms with Gasteiger partial charge >= 0.3 is 6.36 Å². The van der Waals surface area contributed by atoms with Gasteiger partial charge in [0, 0.05) is 4.47 Å². The maximum absolute atomic E-state index is 12.3. The second kappa shape index (κ2) is 5.73. The third kappa shape index (κ3) is 4.67. The fraction of sp³-hybridized carbons (Fsp3) is 0.400. The first-order chi connectivity index (χ1) is 8.19. The van der Waals surface area contributed by atoms with Gasteiger partial charge in [-0.1, -0.05) is 15.9 Å². The maximum Gasteiger partial charge on any atom is 0.573 e. The second-order valence-electron chi connectivity index (χ2n) is 3.46. The average Bonchev–Trinajstić information content (AvgIpc) is 2.19. The molecule has 0 aliphatic rings. The van der Waals surface area contributed by atoms with Crippen molar-refractivity contribution in [3.63, 3.8) is 0 Å². The summed E-state index contributed by atoms with van der Waals surface area (Å²) in [7, 11) is 0. The van der Waals surface area contributed by atoms with Crippen molar-refractivity contribution in [2.75, 3.05) is 5.32 Å². The lowest BCUT2D eigenvalue weighted by Crippen LogP contribution is -2.25. The van der Waals surface area contributed by atoms with Gasteiger partial charge in [-0.25, -0.2) is 8.78 Å². The Bertz CT molecular complexity index is 410. The first kappa shape index (κ1) is 15.0. The van der Waals surface area contributed by atoms with Crippen LogP contribution >= 0.6 is 15.9 Å². The van der Waals surface area contributed by atoms with Gasteiger partial charge in [-0.3, -0.25) is 0 Å². The van der Waals surface area contributed by atoms with Gasteiger partial charge in [-0.15, -0.1) is 13.2 Å². The van der Waals surface area contributed by atoms with Gasteiger partial charge in [0.25, 0.3) is 6.43 Å². The molecule has 0 fully saturated rings. The summed E-state index contributed by atoms with van der Waals surface area (Å²) in [5.74, 6) is -0.565. The predicted octanol–water partition coefficient (Wildman–Crippen LogP) is 4.41. The van der Waals surface area contributed by atoms with Crippen molar-refractivity contribution in [1.82, 2.24) is 0 Å². The molecule has 0 amide bonds. The van der Waals surface area contributed by atoms with Crippen molar-refractivity contribution in [2.24, 2.45) is 0 Å². The van der Waals surface area contributed by atoms with Crippen molar-refractivity contribution in [1.29, 1.82) is 0 Å². The lowest BCUT2D eigenvalue weighted by molar-refractivity contribution is -0.274. The lowest BCUT2D eigenvalue weighted by atomic mass is 10.2. The van der Waals surface area contributed by atoms with Crippen molar-refractivity contribution in [3.05, 3.63) is 22.7 Å². The molecular formula is C10H9BrF5NO. The topological polar surface area (TPSA) is 21.3 Å². The molecule has 1 unspecified atom stereocenters. The molecule has 1 N–H and O–H groups in total. The summed E-state index contributed by atoms with van der Waals surface area (Å²) in [6.45, 7) is 1.16.